The van der Waals surface area contributed by atoms with Gasteiger partial charge in [-0.05, 0) is 30.1 Å². The minimum absolute atomic E-state index is 0.00810. The summed E-state index contributed by atoms with van der Waals surface area (Å²) in [7, 11) is 0. The Labute approximate surface area is 62.4 Å². The third kappa shape index (κ3) is 0.572. The molecule has 0 spiro atoms. The van der Waals surface area contributed by atoms with Gasteiger partial charge in [-0.2, -0.15) is 0 Å². The summed E-state index contributed by atoms with van der Waals surface area (Å²) in [6, 6.07) is 0. The van der Waals surface area contributed by atoms with Crippen LogP contribution >= 0.6 is 0 Å². The molecule has 0 heterocycles. The largest absolute Gasteiger partial charge is 0.393 e. The van der Waals surface area contributed by atoms with Gasteiger partial charge in [0, 0.05) is 0 Å². The van der Waals surface area contributed by atoms with Crippen molar-refractivity contribution in [1.82, 2.24) is 0 Å². The monoisotopic (exact) mass is 140 g/mol. The molecule has 0 aromatic rings. The van der Waals surface area contributed by atoms with Crippen LogP contribution in [0.25, 0.3) is 0 Å². The lowest BCUT2D eigenvalue weighted by molar-refractivity contribution is 0.0436. The van der Waals surface area contributed by atoms with E-state index >= 15 is 0 Å². The minimum Gasteiger partial charge on any atom is -0.393 e. The highest BCUT2D eigenvalue weighted by Crippen LogP contribution is 2.70. The van der Waals surface area contributed by atoms with Crippen LogP contribution in [0.2, 0.25) is 0 Å². The van der Waals surface area contributed by atoms with Crippen molar-refractivity contribution in [2.45, 2.75) is 45.6 Å². The third-order valence-electron chi connectivity index (χ3n) is 3.95. The standard InChI is InChI=1S/C9H16O/c1-8-5-3-4-7(10)9(8,2)6-8/h7,10H,3-6H2,1-2H3. The van der Waals surface area contributed by atoms with Gasteiger partial charge >= 0.3 is 0 Å². The highest BCUT2D eigenvalue weighted by Gasteiger charge is 2.65. The molecular weight excluding hydrogens is 124 g/mol. The molecule has 1 nitrogen and oxygen atoms in total. The molecule has 1 heteroatoms. The predicted molar refractivity (Wildman–Crippen MR) is 40.7 cm³/mol. The zero-order valence-corrected chi connectivity index (χ0v) is 6.85. The van der Waals surface area contributed by atoms with Crippen molar-refractivity contribution in [3.63, 3.8) is 0 Å². The van der Waals surface area contributed by atoms with E-state index in [0.717, 1.165) is 6.42 Å². The fourth-order valence-electron chi connectivity index (χ4n) is 2.66. The molecule has 3 unspecified atom stereocenters. The second-order valence-electron chi connectivity index (χ2n) is 4.56. The van der Waals surface area contributed by atoms with Crippen LogP contribution < -0.4 is 0 Å². The highest BCUT2D eigenvalue weighted by molar-refractivity contribution is 5.14. The maximum Gasteiger partial charge on any atom is 0.0599 e. The van der Waals surface area contributed by atoms with Crippen LogP contribution in [0.3, 0.4) is 0 Å². The van der Waals surface area contributed by atoms with Crippen LogP contribution in [0.5, 0.6) is 0 Å². The number of hydrogen-bond donors (Lipinski definition) is 1. The van der Waals surface area contributed by atoms with Gasteiger partial charge < -0.3 is 5.11 Å². The molecule has 0 radical (unpaired) electrons. The van der Waals surface area contributed by atoms with Crippen LogP contribution in [0, 0.1) is 10.8 Å². The second-order valence-corrected chi connectivity index (χ2v) is 4.56. The summed E-state index contributed by atoms with van der Waals surface area (Å²) in [6.45, 7) is 4.55. The van der Waals surface area contributed by atoms with E-state index in [9.17, 15) is 5.11 Å². The van der Waals surface area contributed by atoms with Crippen molar-refractivity contribution >= 4 is 0 Å². The number of fused-ring (bicyclic) bond motifs is 1. The van der Waals surface area contributed by atoms with Crippen LogP contribution in [0.15, 0.2) is 0 Å². The summed E-state index contributed by atoms with van der Waals surface area (Å²) in [5, 5.41) is 9.64. The van der Waals surface area contributed by atoms with E-state index < -0.39 is 0 Å². The van der Waals surface area contributed by atoms with E-state index in [4.69, 9.17) is 0 Å². The summed E-state index contributed by atoms with van der Waals surface area (Å²) in [6.07, 6.45) is 4.84. The lowest BCUT2D eigenvalue weighted by Gasteiger charge is -2.29. The van der Waals surface area contributed by atoms with Gasteiger partial charge in [-0.15, -0.1) is 0 Å². The molecule has 2 aliphatic carbocycles. The van der Waals surface area contributed by atoms with E-state index in [0.29, 0.717) is 10.8 Å². The van der Waals surface area contributed by atoms with Gasteiger partial charge in [-0.3, -0.25) is 0 Å². The quantitative estimate of drug-likeness (QED) is 0.545. The first-order chi connectivity index (χ1) is 4.58. The summed E-state index contributed by atoms with van der Waals surface area (Å²) < 4.78 is 0. The Bertz CT molecular complexity index is 166. The third-order valence-corrected chi connectivity index (χ3v) is 3.95. The summed E-state index contributed by atoms with van der Waals surface area (Å²) in [5.41, 5.74) is 0.802. The molecule has 3 atom stereocenters. The van der Waals surface area contributed by atoms with Crippen molar-refractivity contribution in [3.8, 4) is 0 Å². The van der Waals surface area contributed by atoms with Gasteiger partial charge in [0.1, 0.15) is 0 Å². The fourth-order valence-corrected chi connectivity index (χ4v) is 2.66. The Hall–Kier alpha value is -0.0400. The van der Waals surface area contributed by atoms with Gasteiger partial charge in [0.2, 0.25) is 0 Å². The molecule has 2 saturated carbocycles. The summed E-state index contributed by atoms with van der Waals surface area (Å²) in [4.78, 5) is 0. The molecule has 2 aliphatic rings. The molecule has 2 rings (SSSR count). The van der Waals surface area contributed by atoms with Crippen LogP contribution in [-0.4, -0.2) is 11.2 Å². The molecule has 0 aliphatic heterocycles. The van der Waals surface area contributed by atoms with Crippen molar-refractivity contribution in [1.29, 1.82) is 0 Å². The van der Waals surface area contributed by atoms with E-state index in [1.807, 2.05) is 0 Å². The Morgan fingerprint density at radius 1 is 1.40 bits per heavy atom. The smallest absolute Gasteiger partial charge is 0.0599 e. The van der Waals surface area contributed by atoms with Crippen LogP contribution in [0.4, 0.5) is 0 Å². The van der Waals surface area contributed by atoms with Gasteiger partial charge in [0.25, 0.3) is 0 Å². The Kier molecular flexibility index (Phi) is 1.05. The lowest BCUT2D eigenvalue weighted by Crippen LogP contribution is -2.28. The molecule has 2 fully saturated rings. The van der Waals surface area contributed by atoms with Crippen molar-refractivity contribution in [2.24, 2.45) is 10.8 Å². The average Bonchev–Trinajstić information content (AvgIpc) is 2.38. The maximum absolute atomic E-state index is 9.64. The SMILES string of the molecule is CC12CCCC(O)C1(C)C2. The maximum atomic E-state index is 9.64. The predicted octanol–water partition coefficient (Wildman–Crippen LogP) is 1.95. The Morgan fingerprint density at radius 3 is 2.60 bits per heavy atom. The first-order valence-corrected chi connectivity index (χ1v) is 4.27. The van der Waals surface area contributed by atoms with Gasteiger partial charge in [0.15, 0.2) is 0 Å². The Morgan fingerprint density at radius 2 is 2.10 bits per heavy atom. The van der Waals surface area contributed by atoms with Crippen molar-refractivity contribution in [3.05, 3.63) is 0 Å². The molecule has 0 bridgehead atoms. The minimum atomic E-state index is -0.00810. The molecule has 58 valence electrons. The van der Waals surface area contributed by atoms with Gasteiger partial charge in [-0.1, -0.05) is 20.3 Å². The summed E-state index contributed by atoms with van der Waals surface area (Å²) in [5.74, 6) is 0. The Balaban J connectivity index is 2.20. The molecular formula is C9H16O. The van der Waals surface area contributed by atoms with E-state index in [-0.39, 0.29) is 6.10 Å². The number of aliphatic hydroxyl groups is 1. The zero-order valence-electron chi connectivity index (χ0n) is 6.85. The second kappa shape index (κ2) is 1.58. The number of rotatable bonds is 0. The van der Waals surface area contributed by atoms with Crippen LogP contribution in [-0.2, 0) is 0 Å². The van der Waals surface area contributed by atoms with E-state index in [1.54, 1.807) is 0 Å². The summed E-state index contributed by atoms with van der Waals surface area (Å²) >= 11 is 0. The van der Waals surface area contributed by atoms with Crippen molar-refractivity contribution in [2.75, 3.05) is 0 Å². The molecule has 0 amide bonds. The number of hydrogen-bond acceptors (Lipinski definition) is 1. The van der Waals surface area contributed by atoms with Gasteiger partial charge in [-0.25, -0.2) is 0 Å². The first-order valence-electron chi connectivity index (χ1n) is 4.27. The zero-order chi connectivity index (χ0) is 7.41. The average molecular weight is 140 g/mol. The number of aliphatic hydroxyl groups excluding tert-OH is 1. The first kappa shape index (κ1) is 6.66. The topological polar surface area (TPSA) is 20.2 Å². The van der Waals surface area contributed by atoms with Crippen molar-refractivity contribution < 1.29 is 5.11 Å². The van der Waals surface area contributed by atoms with E-state index in [1.165, 1.54) is 19.3 Å². The highest BCUT2D eigenvalue weighted by atomic mass is 16.3. The lowest BCUT2D eigenvalue weighted by atomic mass is 9.80. The molecule has 0 aromatic heterocycles. The normalized spacial score (nSPS) is 59.7. The molecule has 0 aromatic carbocycles. The molecule has 0 saturated heterocycles. The molecule has 1 N–H and O–H groups in total. The fraction of sp³-hybridized carbons (Fsp3) is 1.00. The molecule has 10 heavy (non-hydrogen) atoms. The van der Waals surface area contributed by atoms with Crippen LogP contribution in [0.1, 0.15) is 39.5 Å². The van der Waals surface area contributed by atoms with E-state index in [2.05, 4.69) is 13.8 Å². The van der Waals surface area contributed by atoms with Gasteiger partial charge in [0.05, 0.1) is 6.10 Å².